The maximum atomic E-state index is 13.1. The number of nitrogens with two attached hydrogens (primary N) is 1. The molecule has 0 atom stereocenters. The fourth-order valence-electron chi connectivity index (χ4n) is 1.67. The standard InChI is InChI=1S/C15H13F2N3OS/c16-13-5-4-12(7-14(13)17)21-9-11-3-1-2-10(6-11)8-19-20-15(18)22/h1-8H,9H2,(H3,18,20,22). The molecule has 2 rings (SSSR count). The first-order valence-electron chi connectivity index (χ1n) is 6.30. The molecule has 4 nitrogen and oxygen atoms in total. The first kappa shape index (κ1) is 15.8. The van der Waals surface area contributed by atoms with Gasteiger partial charge in [-0.3, -0.25) is 5.43 Å². The minimum atomic E-state index is -0.942. The normalized spacial score (nSPS) is 10.6. The first-order chi connectivity index (χ1) is 10.5. The van der Waals surface area contributed by atoms with E-state index < -0.39 is 11.6 Å². The third kappa shape index (κ3) is 4.78. The Balaban J connectivity index is 1.99. The van der Waals surface area contributed by atoms with Gasteiger partial charge in [0.25, 0.3) is 0 Å². The van der Waals surface area contributed by atoms with Gasteiger partial charge in [-0.2, -0.15) is 5.10 Å². The average Bonchev–Trinajstić information content (AvgIpc) is 2.49. The second kappa shape index (κ2) is 7.46. The lowest BCUT2D eigenvalue weighted by atomic mass is 10.1. The molecule has 0 radical (unpaired) electrons. The second-order valence-electron chi connectivity index (χ2n) is 4.34. The number of nitrogens with zero attached hydrogens (tertiary/aromatic N) is 1. The average molecular weight is 321 g/mol. The van der Waals surface area contributed by atoms with Gasteiger partial charge in [0.1, 0.15) is 12.4 Å². The van der Waals surface area contributed by atoms with Gasteiger partial charge in [-0.05, 0) is 41.5 Å². The Morgan fingerprint density at radius 2 is 2.05 bits per heavy atom. The fraction of sp³-hybridized carbons (Fsp3) is 0.0667. The SMILES string of the molecule is NC(=S)NN=Cc1cccc(COc2ccc(F)c(F)c2)c1. The van der Waals surface area contributed by atoms with Crippen LogP contribution in [0.25, 0.3) is 0 Å². The van der Waals surface area contributed by atoms with Crippen LogP contribution in [-0.2, 0) is 6.61 Å². The van der Waals surface area contributed by atoms with Crippen LogP contribution in [0.5, 0.6) is 5.75 Å². The minimum absolute atomic E-state index is 0.0778. The number of thiocarbonyl (C=S) groups is 1. The summed E-state index contributed by atoms with van der Waals surface area (Å²) in [7, 11) is 0. The highest BCUT2D eigenvalue weighted by molar-refractivity contribution is 7.80. The Morgan fingerprint density at radius 3 is 2.77 bits per heavy atom. The highest BCUT2D eigenvalue weighted by atomic mass is 32.1. The number of nitrogens with one attached hydrogen (secondary N) is 1. The molecular weight excluding hydrogens is 308 g/mol. The molecule has 2 aromatic carbocycles. The van der Waals surface area contributed by atoms with Crippen LogP contribution < -0.4 is 15.9 Å². The van der Waals surface area contributed by atoms with Crippen LogP contribution in [0.15, 0.2) is 47.6 Å². The summed E-state index contributed by atoms with van der Waals surface area (Å²) in [5, 5.41) is 3.93. The van der Waals surface area contributed by atoms with Gasteiger partial charge in [-0.15, -0.1) is 0 Å². The smallest absolute Gasteiger partial charge is 0.184 e. The van der Waals surface area contributed by atoms with Crippen LogP contribution in [0.2, 0.25) is 0 Å². The summed E-state index contributed by atoms with van der Waals surface area (Å²) in [6.07, 6.45) is 1.56. The molecule has 0 aliphatic heterocycles. The molecule has 0 saturated heterocycles. The molecule has 0 heterocycles. The Kier molecular flexibility index (Phi) is 5.37. The zero-order valence-corrected chi connectivity index (χ0v) is 12.2. The Hall–Kier alpha value is -2.54. The summed E-state index contributed by atoms with van der Waals surface area (Å²) >= 11 is 4.63. The monoisotopic (exact) mass is 321 g/mol. The zero-order valence-electron chi connectivity index (χ0n) is 11.4. The van der Waals surface area contributed by atoms with E-state index in [-0.39, 0.29) is 17.5 Å². The van der Waals surface area contributed by atoms with Gasteiger partial charge in [0.15, 0.2) is 16.7 Å². The van der Waals surface area contributed by atoms with E-state index in [2.05, 4.69) is 22.7 Å². The molecule has 0 fully saturated rings. The molecule has 0 aliphatic carbocycles. The molecule has 3 N–H and O–H groups in total. The molecule has 22 heavy (non-hydrogen) atoms. The predicted molar refractivity (Wildman–Crippen MR) is 84.6 cm³/mol. The third-order valence-corrected chi connectivity index (χ3v) is 2.73. The van der Waals surface area contributed by atoms with Crippen molar-refractivity contribution in [3.05, 3.63) is 65.2 Å². The van der Waals surface area contributed by atoms with E-state index in [4.69, 9.17) is 10.5 Å². The van der Waals surface area contributed by atoms with Crippen molar-refractivity contribution in [1.29, 1.82) is 0 Å². The lowest BCUT2D eigenvalue weighted by Gasteiger charge is -2.07. The van der Waals surface area contributed by atoms with E-state index in [0.29, 0.717) is 0 Å². The van der Waals surface area contributed by atoms with Crippen molar-refractivity contribution in [3.8, 4) is 5.75 Å². The lowest BCUT2D eigenvalue weighted by Crippen LogP contribution is -2.23. The number of hydrazone groups is 1. The van der Waals surface area contributed by atoms with Gasteiger partial charge in [0.2, 0.25) is 0 Å². The Labute approximate surface area is 131 Å². The van der Waals surface area contributed by atoms with Gasteiger partial charge in [-0.25, -0.2) is 8.78 Å². The van der Waals surface area contributed by atoms with Crippen LogP contribution in [0.3, 0.4) is 0 Å². The van der Waals surface area contributed by atoms with Crippen molar-refractivity contribution in [2.24, 2.45) is 10.8 Å². The van der Waals surface area contributed by atoms with Crippen LogP contribution in [-0.4, -0.2) is 11.3 Å². The Bertz CT molecular complexity index is 707. The maximum Gasteiger partial charge on any atom is 0.184 e. The molecule has 0 bridgehead atoms. The van der Waals surface area contributed by atoms with Crippen molar-refractivity contribution in [2.75, 3.05) is 0 Å². The molecule has 0 aliphatic rings. The topological polar surface area (TPSA) is 59.6 Å². The van der Waals surface area contributed by atoms with Crippen molar-refractivity contribution in [3.63, 3.8) is 0 Å². The zero-order chi connectivity index (χ0) is 15.9. The van der Waals surface area contributed by atoms with Crippen molar-refractivity contribution in [1.82, 2.24) is 5.43 Å². The van der Waals surface area contributed by atoms with E-state index >= 15 is 0 Å². The largest absolute Gasteiger partial charge is 0.489 e. The predicted octanol–water partition coefficient (Wildman–Crippen LogP) is 2.71. The summed E-state index contributed by atoms with van der Waals surface area (Å²) in [5.74, 6) is -1.59. The highest BCUT2D eigenvalue weighted by Crippen LogP contribution is 2.17. The van der Waals surface area contributed by atoms with E-state index in [0.717, 1.165) is 23.3 Å². The molecule has 0 aromatic heterocycles. The summed E-state index contributed by atoms with van der Waals surface area (Å²) in [5.41, 5.74) is 9.37. The summed E-state index contributed by atoms with van der Waals surface area (Å²) in [6.45, 7) is 0.218. The van der Waals surface area contributed by atoms with Crippen LogP contribution in [0.1, 0.15) is 11.1 Å². The number of benzene rings is 2. The van der Waals surface area contributed by atoms with Gasteiger partial charge in [0.05, 0.1) is 6.21 Å². The number of hydrogen-bond donors (Lipinski definition) is 2. The molecule has 0 saturated carbocycles. The van der Waals surface area contributed by atoms with Crippen molar-refractivity contribution < 1.29 is 13.5 Å². The fourth-order valence-corrected chi connectivity index (χ4v) is 1.72. The van der Waals surface area contributed by atoms with Crippen molar-refractivity contribution >= 4 is 23.5 Å². The van der Waals surface area contributed by atoms with Crippen LogP contribution in [0, 0.1) is 11.6 Å². The molecule has 0 amide bonds. The Morgan fingerprint density at radius 1 is 1.23 bits per heavy atom. The molecule has 7 heteroatoms. The molecule has 114 valence electrons. The molecule has 2 aromatic rings. The van der Waals surface area contributed by atoms with Gasteiger partial charge >= 0.3 is 0 Å². The lowest BCUT2D eigenvalue weighted by molar-refractivity contribution is 0.303. The van der Waals surface area contributed by atoms with E-state index in [1.165, 1.54) is 6.07 Å². The first-order valence-corrected chi connectivity index (χ1v) is 6.71. The molecule has 0 spiro atoms. The van der Waals surface area contributed by atoms with Gasteiger partial charge < -0.3 is 10.5 Å². The van der Waals surface area contributed by atoms with Gasteiger partial charge in [0, 0.05) is 6.07 Å². The maximum absolute atomic E-state index is 13.1. The highest BCUT2D eigenvalue weighted by Gasteiger charge is 2.03. The minimum Gasteiger partial charge on any atom is -0.489 e. The quantitative estimate of drug-likeness (QED) is 0.505. The van der Waals surface area contributed by atoms with E-state index in [1.807, 2.05) is 24.3 Å². The number of halogens is 2. The summed E-state index contributed by atoms with van der Waals surface area (Å²) in [6, 6.07) is 10.7. The van der Waals surface area contributed by atoms with Crippen molar-refractivity contribution in [2.45, 2.75) is 6.61 Å². The van der Waals surface area contributed by atoms with Crippen LogP contribution in [0.4, 0.5) is 8.78 Å². The summed E-state index contributed by atoms with van der Waals surface area (Å²) in [4.78, 5) is 0. The number of hydrogen-bond acceptors (Lipinski definition) is 3. The third-order valence-electron chi connectivity index (χ3n) is 2.64. The second-order valence-corrected chi connectivity index (χ2v) is 4.78. The number of rotatable bonds is 5. The summed E-state index contributed by atoms with van der Waals surface area (Å²) < 4.78 is 31.3. The van der Waals surface area contributed by atoms with Gasteiger partial charge in [-0.1, -0.05) is 18.2 Å². The van der Waals surface area contributed by atoms with Crippen LogP contribution >= 0.6 is 12.2 Å². The van der Waals surface area contributed by atoms with E-state index in [1.54, 1.807) is 6.21 Å². The number of ether oxygens (including phenoxy) is 1. The molecule has 0 unspecified atom stereocenters. The molecular formula is C15H13F2N3OS. The van der Waals surface area contributed by atoms with E-state index in [9.17, 15) is 8.78 Å².